The first kappa shape index (κ1) is 14.3. The van der Waals surface area contributed by atoms with Crippen molar-refractivity contribution >= 4 is 29.1 Å². The van der Waals surface area contributed by atoms with Crippen molar-refractivity contribution in [2.24, 2.45) is 0 Å². The van der Waals surface area contributed by atoms with Crippen molar-refractivity contribution in [3.8, 4) is 0 Å². The Morgan fingerprint density at radius 3 is 2.95 bits per heavy atom. The minimum atomic E-state index is -0.567. The molecule has 1 aliphatic carbocycles. The third kappa shape index (κ3) is 2.16. The van der Waals surface area contributed by atoms with Crippen LogP contribution in [0.15, 0.2) is 24.3 Å². The maximum absolute atomic E-state index is 12.2. The van der Waals surface area contributed by atoms with Gasteiger partial charge in [-0.05, 0) is 12.5 Å². The lowest BCUT2D eigenvalue weighted by Crippen LogP contribution is -2.38. The summed E-state index contributed by atoms with van der Waals surface area (Å²) < 4.78 is 4.78. The molecule has 1 aliphatic rings. The average Bonchev–Trinajstić information content (AvgIpc) is 2.93. The number of para-hydroxylation sites is 1. The van der Waals surface area contributed by atoms with Crippen molar-refractivity contribution in [1.29, 1.82) is 0 Å². The molecule has 0 radical (unpaired) electrons. The summed E-state index contributed by atoms with van der Waals surface area (Å²) in [4.78, 5) is 39.6. The van der Waals surface area contributed by atoms with E-state index >= 15 is 0 Å². The van der Waals surface area contributed by atoms with Crippen LogP contribution in [0.1, 0.15) is 34.9 Å². The maximum Gasteiger partial charge on any atom is 0.410 e. The highest BCUT2D eigenvalue weighted by Gasteiger charge is 2.35. The van der Waals surface area contributed by atoms with Gasteiger partial charge in [-0.1, -0.05) is 18.2 Å². The fourth-order valence-corrected chi connectivity index (χ4v) is 3.11. The lowest BCUT2D eigenvalue weighted by atomic mass is 9.89. The van der Waals surface area contributed by atoms with Crippen LogP contribution in [-0.2, 0) is 9.53 Å². The summed E-state index contributed by atoms with van der Waals surface area (Å²) in [7, 11) is 1.28. The maximum atomic E-state index is 12.2. The first-order valence-electron chi connectivity index (χ1n) is 7.09. The van der Waals surface area contributed by atoms with E-state index in [9.17, 15) is 14.4 Å². The van der Waals surface area contributed by atoms with Gasteiger partial charge in [-0.3, -0.25) is 9.69 Å². The fraction of sp³-hybridized carbons (Fsp3) is 0.312. The number of rotatable bonds is 3. The van der Waals surface area contributed by atoms with Crippen molar-refractivity contribution in [3.63, 3.8) is 0 Å². The van der Waals surface area contributed by atoms with E-state index in [1.165, 1.54) is 12.0 Å². The first-order valence-corrected chi connectivity index (χ1v) is 7.09. The molecular weight excluding hydrogens is 284 g/mol. The van der Waals surface area contributed by atoms with Crippen LogP contribution < -0.4 is 0 Å². The normalized spacial score (nSPS) is 17.1. The Morgan fingerprint density at radius 1 is 1.45 bits per heavy atom. The Morgan fingerprint density at radius 2 is 2.23 bits per heavy atom. The second-order valence-corrected chi connectivity index (χ2v) is 5.23. The predicted molar refractivity (Wildman–Crippen MR) is 79.8 cm³/mol. The standard InChI is InChI=1S/C16H16N2O4/c1-22-16(21)18(8-9-19)12-6-7-13(20)15-14(12)10-4-2-3-5-11(10)17-15/h2-5,9,12,17H,6-8H2,1H3. The van der Waals surface area contributed by atoms with Crippen molar-refractivity contribution in [2.75, 3.05) is 13.7 Å². The van der Waals surface area contributed by atoms with Crippen molar-refractivity contribution in [3.05, 3.63) is 35.5 Å². The summed E-state index contributed by atoms with van der Waals surface area (Å²) in [5, 5.41) is 0.898. The zero-order valence-corrected chi connectivity index (χ0v) is 12.2. The SMILES string of the molecule is COC(=O)N(CC=O)C1CCC(=O)c2[nH]c3ccccc3c21. The molecule has 0 fully saturated rings. The molecule has 22 heavy (non-hydrogen) atoms. The summed E-state index contributed by atoms with van der Waals surface area (Å²) in [6.07, 6.45) is 0.915. The smallest absolute Gasteiger partial charge is 0.410 e. The van der Waals surface area contributed by atoms with Crippen LogP contribution in [0.3, 0.4) is 0 Å². The van der Waals surface area contributed by atoms with Gasteiger partial charge >= 0.3 is 6.09 Å². The van der Waals surface area contributed by atoms with E-state index in [1.54, 1.807) is 0 Å². The van der Waals surface area contributed by atoms with E-state index in [2.05, 4.69) is 4.98 Å². The number of ketones is 1. The van der Waals surface area contributed by atoms with Crippen LogP contribution in [0.25, 0.3) is 10.9 Å². The molecule has 6 heteroatoms. The molecule has 0 aliphatic heterocycles. The van der Waals surface area contributed by atoms with Crippen LogP contribution in [0.5, 0.6) is 0 Å². The summed E-state index contributed by atoms with van der Waals surface area (Å²) in [5.41, 5.74) is 2.15. The zero-order chi connectivity index (χ0) is 15.7. The number of nitrogens with one attached hydrogen (secondary N) is 1. The highest BCUT2D eigenvalue weighted by Crippen LogP contribution is 2.39. The van der Waals surface area contributed by atoms with Gasteiger partial charge in [0.25, 0.3) is 0 Å². The number of benzene rings is 1. The molecule has 1 N–H and O–H groups in total. The van der Waals surface area contributed by atoms with Gasteiger partial charge in [0.2, 0.25) is 0 Å². The third-order valence-electron chi connectivity index (χ3n) is 4.06. The topological polar surface area (TPSA) is 79.5 Å². The minimum absolute atomic E-state index is 0.0263. The average molecular weight is 300 g/mol. The van der Waals surface area contributed by atoms with Gasteiger partial charge in [-0.2, -0.15) is 0 Å². The van der Waals surface area contributed by atoms with Gasteiger partial charge in [0.15, 0.2) is 5.78 Å². The number of ether oxygens (including phenoxy) is 1. The van der Waals surface area contributed by atoms with Gasteiger partial charge < -0.3 is 14.5 Å². The van der Waals surface area contributed by atoms with Crippen molar-refractivity contribution in [2.45, 2.75) is 18.9 Å². The molecule has 114 valence electrons. The van der Waals surface area contributed by atoms with Crippen LogP contribution in [-0.4, -0.2) is 41.7 Å². The Balaban J connectivity index is 2.16. The summed E-state index contributed by atoms with van der Waals surface area (Å²) in [5.74, 6) is 0.0263. The molecule has 0 bridgehead atoms. The van der Waals surface area contributed by atoms with E-state index in [4.69, 9.17) is 4.74 Å². The molecule has 2 aromatic rings. The summed E-state index contributed by atoms with van der Waals surface area (Å²) in [6.45, 7) is -0.0650. The largest absolute Gasteiger partial charge is 0.453 e. The molecule has 1 heterocycles. The van der Waals surface area contributed by atoms with E-state index in [0.29, 0.717) is 24.8 Å². The molecule has 0 spiro atoms. The van der Waals surface area contributed by atoms with Crippen molar-refractivity contribution in [1.82, 2.24) is 9.88 Å². The molecule has 6 nitrogen and oxygen atoms in total. The second kappa shape index (κ2) is 5.63. The summed E-state index contributed by atoms with van der Waals surface area (Å²) in [6, 6.07) is 7.22. The number of H-pyrrole nitrogens is 1. The number of aromatic nitrogens is 1. The van der Waals surface area contributed by atoms with Crippen LogP contribution >= 0.6 is 0 Å². The van der Waals surface area contributed by atoms with Gasteiger partial charge in [0.1, 0.15) is 6.29 Å². The van der Waals surface area contributed by atoms with Crippen LogP contribution in [0, 0.1) is 0 Å². The molecule has 0 saturated carbocycles. The molecule has 1 aromatic carbocycles. The zero-order valence-electron chi connectivity index (χ0n) is 12.2. The van der Waals surface area contributed by atoms with Gasteiger partial charge in [-0.15, -0.1) is 0 Å². The third-order valence-corrected chi connectivity index (χ3v) is 4.06. The Kier molecular flexibility index (Phi) is 3.66. The molecular formula is C16H16N2O4. The van der Waals surface area contributed by atoms with E-state index in [1.807, 2.05) is 24.3 Å². The predicted octanol–water partition coefficient (Wildman–Crippen LogP) is 2.45. The molecule has 1 unspecified atom stereocenters. The number of amides is 1. The number of aldehydes is 1. The molecule has 3 rings (SSSR count). The Bertz CT molecular complexity index is 750. The summed E-state index contributed by atoms with van der Waals surface area (Å²) >= 11 is 0. The Labute approximate surface area is 127 Å². The number of methoxy groups -OCH3 is 1. The molecule has 1 atom stereocenters. The monoisotopic (exact) mass is 300 g/mol. The van der Waals surface area contributed by atoms with Gasteiger partial charge in [0, 0.05) is 22.9 Å². The molecule has 0 saturated heterocycles. The number of carbonyl (C=O) groups excluding carboxylic acids is 3. The van der Waals surface area contributed by atoms with Crippen molar-refractivity contribution < 1.29 is 19.1 Å². The van der Waals surface area contributed by atoms with E-state index < -0.39 is 6.09 Å². The first-order chi connectivity index (χ1) is 10.7. The highest BCUT2D eigenvalue weighted by molar-refractivity contribution is 6.04. The van der Waals surface area contributed by atoms with Gasteiger partial charge in [0.05, 0.1) is 25.4 Å². The number of nitrogens with zero attached hydrogens (tertiary/aromatic N) is 1. The van der Waals surface area contributed by atoms with E-state index in [-0.39, 0.29) is 18.4 Å². The number of aromatic amines is 1. The second-order valence-electron chi connectivity index (χ2n) is 5.23. The molecule has 1 aromatic heterocycles. The van der Waals surface area contributed by atoms with Gasteiger partial charge in [-0.25, -0.2) is 4.79 Å². The lowest BCUT2D eigenvalue weighted by Gasteiger charge is -2.32. The number of fused-ring (bicyclic) bond motifs is 3. The Hall–Kier alpha value is -2.63. The number of carbonyl (C=O) groups is 3. The van der Waals surface area contributed by atoms with Crippen LogP contribution in [0.2, 0.25) is 0 Å². The minimum Gasteiger partial charge on any atom is -0.453 e. The van der Waals surface area contributed by atoms with Crippen LogP contribution in [0.4, 0.5) is 4.79 Å². The number of hydrogen-bond donors (Lipinski definition) is 1. The lowest BCUT2D eigenvalue weighted by molar-refractivity contribution is -0.109. The quantitative estimate of drug-likeness (QED) is 0.883. The number of Topliss-reactive ketones (excluding diaryl/α,β-unsaturated/α-hetero) is 1. The highest BCUT2D eigenvalue weighted by atomic mass is 16.5. The number of hydrogen-bond acceptors (Lipinski definition) is 4. The van der Waals surface area contributed by atoms with E-state index in [0.717, 1.165) is 16.5 Å². The molecule has 1 amide bonds. The fourth-order valence-electron chi connectivity index (χ4n) is 3.11.